The van der Waals surface area contributed by atoms with E-state index in [1.165, 1.54) is 23.2 Å². The molecule has 0 radical (unpaired) electrons. The third-order valence-electron chi connectivity index (χ3n) is 5.53. The van der Waals surface area contributed by atoms with Crippen LogP contribution in [-0.2, 0) is 4.79 Å². The molecule has 1 aliphatic rings. The van der Waals surface area contributed by atoms with Gasteiger partial charge in [-0.1, -0.05) is 30.3 Å². The molecule has 9 heteroatoms. The lowest BCUT2D eigenvalue weighted by Crippen LogP contribution is -2.56. The van der Waals surface area contributed by atoms with Crippen molar-refractivity contribution in [2.24, 2.45) is 0 Å². The number of nitro benzene ring substituents is 1. The van der Waals surface area contributed by atoms with Crippen molar-refractivity contribution in [2.75, 3.05) is 19.6 Å². The van der Waals surface area contributed by atoms with Crippen LogP contribution in [0, 0.1) is 10.1 Å². The summed E-state index contributed by atoms with van der Waals surface area (Å²) in [6, 6.07) is 12.9. The van der Waals surface area contributed by atoms with Crippen LogP contribution in [0.15, 0.2) is 54.7 Å². The molecule has 158 valence electrons. The second-order valence-electron chi connectivity index (χ2n) is 7.45. The van der Waals surface area contributed by atoms with Gasteiger partial charge in [0.1, 0.15) is 5.52 Å². The second-order valence-corrected chi connectivity index (χ2v) is 7.45. The molecule has 2 heterocycles. The van der Waals surface area contributed by atoms with Crippen LogP contribution in [0.2, 0.25) is 0 Å². The third-order valence-corrected chi connectivity index (χ3v) is 5.53. The summed E-state index contributed by atoms with van der Waals surface area (Å²) < 4.78 is 0. The number of para-hydroxylation sites is 1. The van der Waals surface area contributed by atoms with Crippen molar-refractivity contribution in [1.82, 2.24) is 14.8 Å². The van der Waals surface area contributed by atoms with Crippen molar-refractivity contribution in [1.29, 1.82) is 0 Å². The van der Waals surface area contributed by atoms with Crippen LogP contribution in [0.1, 0.15) is 27.6 Å². The lowest BCUT2D eigenvalue weighted by molar-refractivity contribution is -0.383. The molecule has 1 atom stereocenters. The van der Waals surface area contributed by atoms with E-state index in [2.05, 4.69) is 4.98 Å². The number of amides is 2. The summed E-state index contributed by atoms with van der Waals surface area (Å²) >= 11 is 0. The van der Waals surface area contributed by atoms with Gasteiger partial charge in [0, 0.05) is 48.9 Å². The Balaban J connectivity index is 1.51. The minimum Gasteiger partial charge on any atom is -0.355 e. The van der Waals surface area contributed by atoms with E-state index in [0.717, 1.165) is 0 Å². The van der Waals surface area contributed by atoms with Crippen LogP contribution in [0.4, 0.5) is 5.69 Å². The number of aromatic amines is 1. The monoisotopic (exact) mass is 420 g/mol. The smallest absolute Gasteiger partial charge is 0.295 e. The van der Waals surface area contributed by atoms with Crippen molar-refractivity contribution in [2.45, 2.75) is 13.0 Å². The number of rotatable bonds is 4. The Bertz CT molecular complexity index is 1190. The summed E-state index contributed by atoms with van der Waals surface area (Å²) in [5.74, 6) is -1.54. The molecule has 1 aliphatic heterocycles. The first-order valence-electron chi connectivity index (χ1n) is 9.82. The SMILES string of the molecule is C[C@@H]1CN(C(=O)c2ccccc2)CCN1C(=O)C(=O)c1c[nH]c2c([N+](=O)[O-])cccc12. The quantitative estimate of drug-likeness (QED) is 0.301. The van der Waals surface area contributed by atoms with E-state index in [4.69, 9.17) is 0 Å². The maximum absolute atomic E-state index is 12.9. The Labute approximate surface area is 177 Å². The Hall–Kier alpha value is -4.01. The standard InChI is InChI=1S/C22H20N4O5/c1-14-13-24(21(28)15-6-3-2-4-7-15)10-11-25(14)22(29)20(27)17-12-23-19-16(17)8-5-9-18(19)26(30)31/h2-9,12,14,23H,10-11,13H2,1H3/t14-/m1/s1. The lowest BCUT2D eigenvalue weighted by atomic mass is 10.1. The molecule has 1 saturated heterocycles. The number of nitrogens with one attached hydrogen (secondary N) is 1. The zero-order valence-corrected chi connectivity index (χ0v) is 16.8. The highest BCUT2D eigenvalue weighted by Crippen LogP contribution is 2.28. The minimum absolute atomic E-state index is 0.0960. The van der Waals surface area contributed by atoms with Crippen LogP contribution >= 0.6 is 0 Å². The molecule has 9 nitrogen and oxygen atoms in total. The predicted octanol–water partition coefficient (Wildman–Crippen LogP) is 2.63. The first-order chi connectivity index (χ1) is 14.9. The van der Waals surface area contributed by atoms with Gasteiger partial charge >= 0.3 is 0 Å². The molecule has 0 unspecified atom stereocenters. The molecule has 2 aromatic carbocycles. The fourth-order valence-corrected chi connectivity index (χ4v) is 3.93. The topological polar surface area (TPSA) is 117 Å². The fourth-order valence-electron chi connectivity index (χ4n) is 3.93. The largest absolute Gasteiger partial charge is 0.355 e. The lowest BCUT2D eigenvalue weighted by Gasteiger charge is -2.39. The number of carbonyl (C=O) groups excluding carboxylic acids is 3. The van der Waals surface area contributed by atoms with Crippen molar-refractivity contribution < 1.29 is 19.3 Å². The van der Waals surface area contributed by atoms with E-state index in [1.54, 1.807) is 42.2 Å². The number of hydrogen-bond donors (Lipinski definition) is 1. The van der Waals surface area contributed by atoms with E-state index >= 15 is 0 Å². The molecule has 1 aromatic heterocycles. The van der Waals surface area contributed by atoms with E-state index < -0.39 is 16.6 Å². The van der Waals surface area contributed by atoms with E-state index in [-0.39, 0.29) is 35.3 Å². The van der Waals surface area contributed by atoms with Crippen LogP contribution in [0.3, 0.4) is 0 Å². The zero-order chi connectivity index (χ0) is 22.1. The van der Waals surface area contributed by atoms with Gasteiger partial charge in [-0.05, 0) is 19.1 Å². The summed E-state index contributed by atoms with van der Waals surface area (Å²) in [4.78, 5) is 55.1. The third kappa shape index (κ3) is 3.65. The molecule has 0 saturated carbocycles. The van der Waals surface area contributed by atoms with Gasteiger partial charge in [-0.15, -0.1) is 0 Å². The fraction of sp³-hybridized carbons (Fsp3) is 0.227. The number of nitro groups is 1. The number of aromatic nitrogens is 1. The van der Waals surface area contributed by atoms with E-state index in [0.29, 0.717) is 24.0 Å². The highest BCUT2D eigenvalue weighted by molar-refractivity contribution is 6.45. The van der Waals surface area contributed by atoms with Crippen LogP contribution in [0.5, 0.6) is 0 Å². The molecule has 2 amide bonds. The van der Waals surface area contributed by atoms with Gasteiger partial charge in [0.15, 0.2) is 0 Å². The highest BCUT2D eigenvalue weighted by atomic mass is 16.6. The number of benzene rings is 2. The molecule has 1 N–H and O–H groups in total. The number of Topliss-reactive ketones (excluding diaryl/α,β-unsaturated/α-hetero) is 1. The van der Waals surface area contributed by atoms with Crippen molar-refractivity contribution >= 4 is 34.2 Å². The number of hydrogen-bond acceptors (Lipinski definition) is 5. The summed E-state index contributed by atoms with van der Waals surface area (Å²) in [7, 11) is 0. The van der Waals surface area contributed by atoms with Crippen molar-refractivity contribution in [3.8, 4) is 0 Å². The molecule has 0 spiro atoms. The number of fused-ring (bicyclic) bond motifs is 1. The summed E-state index contributed by atoms with van der Waals surface area (Å²) in [5, 5.41) is 11.5. The number of piperazine rings is 1. The maximum Gasteiger partial charge on any atom is 0.295 e. The summed E-state index contributed by atoms with van der Waals surface area (Å²) in [6.45, 7) is 2.64. The van der Waals surface area contributed by atoms with Crippen LogP contribution in [-0.4, -0.2) is 63.0 Å². The Morgan fingerprint density at radius 3 is 2.48 bits per heavy atom. The summed E-state index contributed by atoms with van der Waals surface area (Å²) in [5.41, 5.74) is 0.713. The van der Waals surface area contributed by atoms with Crippen LogP contribution in [0.25, 0.3) is 10.9 Å². The summed E-state index contributed by atoms with van der Waals surface area (Å²) in [6.07, 6.45) is 1.33. The maximum atomic E-state index is 12.9. The number of nitrogens with zero attached hydrogens (tertiary/aromatic N) is 3. The Morgan fingerprint density at radius 1 is 1.06 bits per heavy atom. The van der Waals surface area contributed by atoms with Crippen molar-refractivity contribution in [3.63, 3.8) is 0 Å². The van der Waals surface area contributed by atoms with Gasteiger partial charge in [-0.25, -0.2) is 0 Å². The molecular weight excluding hydrogens is 400 g/mol. The van der Waals surface area contributed by atoms with Gasteiger partial charge in [0.05, 0.1) is 10.5 Å². The molecule has 0 aliphatic carbocycles. The van der Waals surface area contributed by atoms with Gasteiger partial charge in [-0.2, -0.15) is 0 Å². The molecule has 1 fully saturated rings. The van der Waals surface area contributed by atoms with Crippen LogP contribution < -0.4 is 0 Å². The molecular formula is C22H20N4O5. The number of carbonyl (C=O) groups is 3. The van der Waals surface area contributed by atoms with E-state index in [9.17, 15) is 24.5 Å². The van der Waals surface area contributed by atoms with Gasteiger partial charge in [0.2, 0.25) is 0 Å². The first kappa shape index (κ1) is 20.3. The second kappa shape index (κ2) is 8.02. The Kier molecular flexibility index (Phi) is 5.24. The van der Waals surface area contributed by atoms with Gasteiger partial charge < -0.3 is 14.8 Å². The van der Waals surface area contributed by atoms with Gasteiger partial charge in [0.25, 0.3) is 23.3 Å². The van der Waals surface area contributed by atoms with E-state index in [1.807, 2.05) is 6.07 Å². The molecule has 3 aromatic rings. The molecule has 0 bridgehead atoms. The number of H-pyrrole nitrogens is 1. The normalized spacial score (nSPS) is 16.4. The van der Waals surface area contributed by atoms with Gasteiger partial charge in [-0.3, -0.25) is 24.5 Å². The molecule has 4 rings (SSSR count). The van der Waals surface area contributed by atoms with Crippen molar-refractivity contribution in [3.05, 3.63) is 76.0 Å². The minimum atomic E-state index is -0.735. The molecule has 31 heavy (non-hydrogen) atoms. The first-order valence-corrected chi connectivity index (χ1v) is 9.82. The zero-order valence-electron chi connectivity index (χ0n) is 16.8. The average Bonchev–Trinajstić information content (AvgIpc) is 3.22. The Morgan fingerprint density at radius 2 is 1.81 bits per heavy atom. The highest BCUT2D eigenvalue weighted by Gasteiger charge is 2.34. The predicted molar refractivity (Wildman–Crippen MR) is 113 cm³/mol. The number of ketones is 1. The number of non-ortho nitro benzene ring substituents is 1. The average molecular weight is 420 g/mol.